The first-order valence-electron chi connectivity index (χ1n) is 42.9. The van der Waals surface area contributed by atoms with Crippen molar-refractivity contribution in [2.45, 2.75) is 0 Å². The van der Waals surface area contributed by atoms with Gasteiger partial charge in [0.2, 0.25) is 0 Å². The van der Waals surface area contributed by atoms with Gasteiger partial charge in [-0.3, -0.25) is 9.80 Å². The molecule has 12 nitrogen and oxygen atoms in total. The second-order valence-corrected chi connectivity index (χ2v) is 31.8. The Kier molecular flexibility index (Phi) is 19.3. The zero-order valence-electron chi connectivity index (χ0n) is 69.2. The number of hydrogen-bond acceptors (Lipinski definition) is 12. The van der Waals surface area contributed by atoms with Gasteiger partial charge in [-0.25, -0.2) is 39.9 Å². The lowest BCUT2D eigenvalue weighted by atomic mass is 9.90. The van der Waals surface area contributed by atoms with Gasteiger partial charge >= 0.3 is 0 Å². The van der Waals surface area contributed by atoms with Gasteiger partial charge in [-0.05, 0) is 199 Å². The normalized spacial score (nSPS) is 12.0. The van der Waals surface area contributed by atoms with Crippen molar-refractivity contribution in [2.24, 2.45) is 0 Å². The van der Waals surface area contributed by atoms with E-state index in [-0.39, 0.29) is 0 Å². The van der Waals surface area contributed by atoms with Crippen LogP contribution in [0.3, 0.4) is 0 Å². The summed E-state index contributed by atoms with van der Waals surface area (Å²) in [5.74, 6) is 2.57. The summed E-state index contributed by atoms with van der Waals surface area (Å²) < 4.78 is 0. The second kappa shape index (κ2) is 32.7. The highest BCUT2D eigenvalue weighted by Crippen LogP contribution is 2.56. The van der Waals surface area contributed by atoms with Gasteiger partial charge in [-0.1, -0.05) is 309 Å². The minimum absolute atomic E-state index is 0.743. The van der Waals surface area contributed by atoms with Crippen LogP contribution in [-0.4, -0.2) is 39.9 Å². The van der Waals surface area contributed by atoms with Crippen LogP contribution in [0.2, 0.25) is 0 Å². The summed E-state index contributed by atoms with van der Waals surface area (Å²) in [6.07, 6.45) is 8.77. The van der Waals surface area contributed by atoms with Crippen LogP contribution in [0, 0.1) is 0 Å². The van der Waals surface area contributed by atoms with E-state index >= 15 is 0 Å². The van der Waals surface area contributed by atoms with Crippen LogP contribution in [0.5, 0.6) is 0 Å². The molecule has 26 rings (SSSR count). The Morgan fingerprint density at radius 1 is 0.180 bits per heavy atom. The van der Waals surface area contributed by atoms with Crippen LogP contribution in [0.15, 0.2) is 462 Å². The van der Waals surface area contributed by atoms with Gasteiger partial charge in [-0.15, -0.1) is 0 Å². The fourth-order valence-electron chi connectivity index (χ4n) is 18.5. The molecule has 12 heteroatoms. The SMILES string of the molecule is c1ccc(-c2cc3c4c(cccc4c2)N(c2ccccc2)c2cncnc2-3)cc1.c1ccc(-c2cc3c4c(cccc4c2)N(c2ccccc2)c2ncncc2-3)cc1.c1ccc(-c2ccc(-c3cc4c5c(ncnc5c3)N(c3ccccc3)c3ccccc3-4)cc2)cc1.c1ccc(-c2ccc(-c3nc4c5c(cccc5n3)N(c3ccccc3)c3ccccc3-4)cc2)cc1. The van der Waals surface area contributed by atoms with E-state index < -0.39 is 0 Å². The molecule has 4 aliphatic rings. The molecule has 0 unspecified atom stereocenters. The molecule has 0 aliphatic carbocycles. The smallest absolute Gasteiger partial charge is 0.160 e. The standard InChI is InChI=1S/2C32H21N3.2C26H17N3/c1-3-10-22(11-4-1)23-18-20-24(21-19-23)32-33-27-15-9-17-29-30(27)31(34-32)26-14-7-8-16-28(26)35(29)25-12-5-2-6-13-25;1-3-9-22(10-4-1)23-15-17-24(18-16-23)25-19-28-27-13-7-8-14-30(27)35(26-11-5-2-6-12-26)32-31(28)29(20-25)33-21-34-32;1-3-8-18(9-4-1)20-14-19-10-7-13-24-25(19)22(15-20)23-16-27-17-28-26(23)29(24)21-11-5-2-6-12-21;1-3-8-18(9-4-1)20-14-19-10-7-13-23-25(19)22(15-20)26-24(16-27-17-28-26)29(23)21-11-5-2-6-12-21/h2*1-21H;2*1-17H. The molecule has 600 valence electrons. The first-order chi connectivity index (χ1) is 63.5. The molecule has 0 N–H and O–H groups in total. The maximum atomic E-state index is 5.14. The quantitative estimate of drug-likeness (QED) is 0.130. The van der Waals surface area contributed by atoms with E-state index in [0.29, 0.717) is 0 Å². The number of hydrogen-bond donors (Lipinski definition) is 0. The maximum absolute atomic E-state index is 5.14. The molecule has 4 aliphatic heterocycles. The van der Waals surface area contributed by atoms with Gasteiger partial charge in [0.1, 0.15) is 30.6 Å². The molecule has 128 heavy (non-hydrogen) atoms. The minimum atomic E-state index is 0.743. The molecule has 0 spiro atoms. The Morgan fingerprint density at radius 3 is 1.11 bits per heavy atom. The lowest BCUT2D eigenvalue weighted by Crippen LogP contribution is -2.16. The summed E-state index contributed by atoms with van der Waals surface area (Å²) in [4.78, 5) is 46.7. The first kappa shape index (κ1) is 75.5. The fourth-order valence-corrected chi connectivity index (χ4v) is 18.5. The van der Waals surface area contributed by atoms with E-state index in [2.05, 4.69) is 417 Å². The predicted octanol–water partition coefficient (Wildman–Crippen LogP) is 30.3. The molecular weight excluding hydrogens is 1560 g/mol. The van der Waals surface area contributed by atoms with Crippen LogP contribution in [-0.2, 0) is 0 Å². The van der Waals surface area contributed by atoms with E-state index in [0.717, 1.165) is 135 Å². The third-order valence-corrected chi connectivity index (χ3v) is 24.3. The van der Waals surface area contributed by atoms with Crippen molar-refractivity contribution >= 4 is 112 Å². The Labute approximate surface area is 740 Å². The molecule has 0 saturated heterocycles. The average Bonchev–Trinajstić information content (AvgIpc) is 0.739. The molecule has 0 fully saturated rings. The molecule has 22 aromatic rings. The largest absolute Gasteiger partial charge is 0.309 e. The van der Waals surface area contributed by atoms with E-state index in [1.54, 1.807) is 19.0 Å². The minimum Gasteiger partial charge on any atom is -0.309 e. The number of nitrogens with zero attached hydrogens (tertiary/aromatic N) is 12. The molecule has 0 atom stereocenters. The molecule has 18 aromatic carbocycles. The first-order valence-corrected chi connectivity index (χ1v) is 42.9. The Hall–Kier alpha value is -17.5. The lowest BCUT2D eigenvalue weighted by Gasteiger charge is -2.32. The van der Waals surface area contributed by atoms with Crippen LogP contribution in [0.4, 0.5) is 68.5 Å². The molecule has 0 bridgehead atoms. The van der Waals surface area contributed by atoms with Gasteiger partial charge in [0.15, 0.2) is 5.82 Å². The van der Waals surface area contributed by atoms with E-state index in [1.807, 2.05) is 60.9 Å². The average molecular weight is 1640 g/mol. The van der Waals surface area contributed by atoms with Gasteiger partial charge in [0.25, 0.3) is 0 Å². The number of para-hydroxylation sites is 6. The lowest BCUT2D eigenvalue weighted by molar-refractivity contribution is 1.11. The zero-order chi connectivity index (χ0) is 84.8. The monoisotopic (exact) mass is 1640 g/mol. The second-order valence-electron chi connectivity index (χ2n) is 31.8. The highest BCUT2D eigenvalue weighted by Gasteiger charge is 2.33. The van der Waals surface area contributed by atoms with Gasteiger partial charge in [0, 0.05) is 67.5 Å². The van der Waals surface area contributed by atoms with Crippen LogP contribution in [0.1, 0.15) is 0 Å². The summed E-state index contributed by atoms with van der Waals surface area (Å²) in [5.41, 5.74) is 34.8. The molecule has 0 radical (unpaired) electrons. The van der Waals surface area contributed by atoms with Crippen LogP contribution in [0.25, 0.3) is 155 Å². The summed E-state index contributed by atoms with van der Waals surface area (Å²) in [5, 5.41) is 7.05. The van der Waals surface area contributed by atoms with Crippen molar-refractivity contribution in [3.63, 3.8) is 0 Å². The molecular formula is C116H76N12. The molecule has 8 heterocycles. The van der Waals surface area contributed by atoms with Crippen molar-refractivity contribution in [1.82, 2.24) is 39.9 Å². The van der Waals surface area contributed by atoms with Crippen molar-refractivity contribution in [3.8, 4) is 112 Å². The topological polar surface area (TPSA) is 116 Å². The maximum Gasteiger partial charge on any atom is 0.160 e. The highest BCUT2D eigenvalue weighted by molar-refractivity contribution is 6.18. The summed E-state index contributed by atoms with van der Waals surface area (Å²) >= 11 is 0. The van der Waals surface area contributed by atoms with Gasteiger partial charge in [0.05, 0.1) is 73.5 Å². The Morgan fingerprint density at radius 2 is 0.555 bits per heavy atom. The van der Waals surface area contributed by atoms with E-state index in [4.69, 9.17) is 24.9 Å². The van der Waals surface area contributed by atoms with Crippen molar-refractivity contribution in [1.29, 1.82) is 0 Å². The van der Waals surface area contributed by atoms with Crippen LogP contribution >= 0.6 is 0 Å². The Balaban J connectivity index is 0.0000000980. The number of rotatable bonds is 10. The molecule has 0 amide bonds. The van der Waals surface area contributed by atoms with E-state index in [1.165, 1.54) is 88.3 Å². The van der Waals surface area contributed by atoms with Gasteiger partial charge in [-0.2, -0.15) is 0 Å². The molecule has 4 aromatic heterocycles. The third kappa shape index (κ3) is 13.7. The highest BCUT2D eigenvalue weighted by atomic mass is 15.2. The molecule has 0 saturated carbocycles. The Bertz CT molecular complexity index is 7450. The van der Waals surface area contributed by atoms with E-state index in [9.17, 15) is 0 Å². The van der Waals surface area contributed by atoms with Crippen molar-refractivity contribution < 1.29 is 0 Å². The number of fused-ring (bicyclic) bond motifs is 8. The number of benzene rings is 18. The zero-order valence-corrected chi connectivity index (χ0v) is 69.2. The fraction of sp³-hybridized carbons (Fsp3) is 0. The van der Waals surface area contributed by atoms with Crippen molar-refractivity contribution in [3.05, 3.63) is 462 Å². The van der Waals surface area contributed by atoms with Crippen LogP contribution < -0.4 is 19.6 Å². The summed E-state index contributed by atoms with van der Waals surface area (Å²) in [6.45, 7) is 0. The predicted molar refractivity (Wildman–Crippen MR) is 525 cm³/mol. The summed E-state index contributed by atoms with van der Waals surface area (Å²) in [7, 11) is 0. The third-order valence-electron chi connectivity index (χ3n) is 24.3. The van der Waals surface area contributed by atoms with Gasteiger partial charge < -0.3 is 9.80 Å². The van der Waals surface area contributed by atoms with Crippen molar-refractivity contribution in [2.75, 3.05) is 19.6 Å². The number of aromatic nitrogens is 8. The summed E-state index contributed by atoms with van der Waals surface area (Å²) in [6, 6.07) is 151. The number of anilines is 12.